The van der Waals surface area contributed by atoms with Gasteiger partial charge in [-0.25, -0.2) is 4.79 Å². The number of hydrogen-bond donors (Lipinski definition) is 2. The van der Waals surface area contributed by atoms with Crippen LogP contribution in [0.3, 0.4) is 0 Å². The van der Waals surface area contributed by atoms with E-state index in [1.54, 1.807) is 6.07 Å². The molecule has 0 unspecified atom stereocenters. The summed E-state index contributed by atoms with van der Waals surface area (Å²) in [5.74, 6) is -1.28. The number of nitro groups is 1. The lowest BCUT2D eigenvalue weighted by Crippen LogP contribution is -2.42. The van der Waals surface area contributed by atoms with E-state index >= 15 is 0 Å². The number of benzene rings is 1. The summed E-state index contributed by atoms with van der Waals surface area (Å²) in [7, 11) is 0. The standard InChI is InChI=1S/C14H14N2O4/c1-7-5-6-10(16(19)20)11-8-3-2-4-9(8)13(14(17)18)15-12(7)11/h2-3,5-6,8-9,13,15H,4H2,1H3,(H,17,18)/t8-,9+,13-/m0/s1. The van der Waals surface area contributed by atoms with Gasteiger partial charge in [0.25, 0.3) is 5.69 Å². The number of carboxylic acids is 1. The zero-order valence-corrected chi connectivity index (χ0v) is 10.9. The Kier molecular flexibility index (Phi) is 2.74. The summed E-state index contributed by atoms with van der Waals surface area (Å²) in [6.07, 6.45) is 4.43. The fourth-order valence-corrected chi connectivity index (χ4v) is 3.24. The second-order valence-electron chi connectivity index (χ2n) is 5.26. The average molecular weight is 274 g/mol. The second-order valence-corrected chi connectivity index (χ2v) is 5.26. The number of aryl methyl sites for hydroxylation is 1. The number of nitrogens with one attached hydrogen (secondary N) is 1. The Labute approximate surface area is 115 Å². The lowest BCUT2D eigenvalue weighted by Gasteiger charge is -2.35. The molecule has 1 heterocycles. The molecule has 20 heavy (non-hydrogen) atoms. The fourth-order valence-electron chi connectivity index (χ4n) is 3.24. The van der Waals surface area contributed by atoms with E-state index in [-0.39, 0.29) is 17.5 Å². The number of fused-ring (bicyclic) bond motifs is 3. The van der Waals surface area contributed by atoms with Crippen molar-refractivity contribution < 1.29 is 14.8 Å². The van der Waals surface area contributed by atoms with Crippen LogP contribution in [0.4, 0.5) is 11.4 Å². The predicted molar refractivity (Wildman–Crippen MR) is 72.9 cm³/mol. The summed E-state index contributed by atoms with van der Waals surface area (Å²) in [5, 5.41) is 23.6. The predicted octanol–water partition coefficient (Wildman–Crippen LogP) is 2.44. The molecule has 2 aliphatic rings. The van der Waals surface area contributed by atoms with Gasteiger partial charge in [0.15, 0.2) is 0 Å². The third-order valence-electron chi connectivity index (χ3n) is 4.17. The second kappa shape index (κ2) is 4.33. The van der Waals surface area contributed by atoms with Crippen LogP contribution in [0.2, 0.25) is 0 Å². The van der Waals surface area contributed by atoms with Crippen LogP contribution in [0, 0.1) is 23.0 Å². The minimum atomic E-state index is -0.916. The number of nitro benzene ring substituents is 1. The van der Waals surface area contributed by atoms with Gasteiger partial charge in [0, 0.05) is 23.6 Å². The van der Waals surface area contributed by atoms with Crippen molar-refractivity contribution in [3.8, 4) is 0 Å². The molecule has 0 bridgehead atoms. The first-order valence-corrected chi connectivity index (χ1v) is 6.44. The quantitative estimate of drug-likeness (QED) is 0.491. The SMILES string of the molecule is Cc1ccc([N+](=O)[O-])c2c1N[C@H](C(=O)O)[C@@H]1CC=C[C@H]21. The third kappa shape index (κ3) is 1.68. The molecule has 104 valence electrons. The number of allylic oxidation sites excluding steroid dienone is 2. The maximum atomic E-state index is 11.4. The summed E-state index contributed by atoms with van der Waals surface area (Å²) in [6, 6.07) is 2.45. The largest absolute Gasteiger partial charge is 0.480 e. The number of rotatable bonds is 2. The van der Waals surface area contributed by atoms with E-state index in [1.165, 1.54) is 6.07 Å². The van der Waals surface area contributed by atoms with Crippen LogP contribution < -0.4 is 5.32 Å². The molecule has 6 heteroatoms. The van der Waals surface area contributed by atoms with Gasteiger partial charge in [-0.2, -0.15) is 0 Å². The Balaban J connectivity index is 2.22. The van der Waals surface area contributed by atoms with Gasteiger partial charge in [-0.05, 0) is 18.9 Å². The highest BCUT2D eigenvalue weighted by Crippen LogP contribution is 2.49. The minimum Gasteiger partial charge on any atom is -0.480 e. The fraction of sp³-hybridized carbons (Fsp3) is 0.357. The molecule has 2 N–H and O–H groups in total. The summed E-state index contributed by atoms with van der Waals surface area (Å²) in [5.41, 5.74) is 2.10. The van der Waals surface area contributed by atoms with Crippen LogP contribution in [0.1, 0.15) is 23.5 Å². The van der Waals surface area contributed by atoms with Crippen LogP contribution in [0.25, 0.3) is 0 Å². The normalized spacial score (nSPS) is 26.6. The number of carboxylic acid groups (broad SMARTS) is 1. The first-order chi connectivity index (χ1) is 9.50. The lowest BCUT2D eigenvalue weighted by molar-refractivity contribution is -0.385. The summed E-state index contributed by atoms with van der Waals surface area (Å²) in [6.45, 7) is 1.83. The van der Waals surface area contributed by atoms with Crippen LogP contribution in [0.5, 0.6) is 0 Å². The van der Waals surface area contributed by atoms with Gasteiger partial charge >= 0.3 is 5.97 Å². The molecule has 0 saturated heterocycles. The Morgan fingerprint density at radius 2 is 2.25 bits per heavy atom. The summed E-state index contributed by atoms with van der Waals surface area (Å²) >= 11 is 0. The van der Waals surface area contributed by atoms with Crippen LogP contribution in [-0.4, -0.2) is 22.0 Å². The monoisotopic (exact) mass is 274 g/mol. The highest BCUT2D eigenvalue weighted by atomic mass is 16.6. The highest BCUT2D eigenvalue weighted by molar-refractivity contribution is 5.82. The van der Waals surface area contributed by atoms with Crippen molar-refractivity contribution in [2.24, 2.45) is 5.92 Å². The van der Waals surface area contributed by atoms with E-state index in [4.69, 9.17) is 0 Å². The number of aliphatic carboxylic acids is 1. The van der Waals surface area contributed by atoms with Crippen molar-refractivity contribution in [1.82, 2.24) is 0 Å². The Hall–Kier alpha value is -2.37. The summed E-state index contributed by atoms with van der Waals surface area (Å²) < 4.78 is 0. The van der Waals surface area contributed by atoms with Crippen LogP contribution >= 0.6 is 0 Å². The zero-order chi connectivity index (χ0) is 14.4. The molecule has 1 aliphatic carbocycles. The molecular formula is C14H14N2O4. The molecular weight excluding hydrogens is 260 g/mol. The maximum Gasteiger partial charge on any atom is 0.326 e. The van der Waals surface area contributed by atoms with E-state index in [0.29, 0.717) is 17.7 Å². The molecule has 3 rings (SSSR count). The van der Waals surface area contributed by atoms with Crippen molar-refractivity contribution in [2.45, 2.75) is 25.3 Å². The van der Waals surface area contributed by atoms with Crippen molar-refractivity contribution >= 4 is 17.3 Å². The van der Waals surface area contributed by atoms with Gasteiger partial charge < -0.3 is 10.4 Å². The number of anilines is 1. The smallest absolute Gasteiger partial charge is 0.326 e. The molecule has 0 radical (unpaired) electrons. The van der Waals surface area contributed by atoms with Crippen molar-refractivity contribution in [3.05, 3.63) is 45.5 Å². The third-order valence-corrected chi connectivity index (χ3v) is 4.17. The van der Waals surface area contributed by atoms with Gasteiger partial charge in [-0.3, -0.25) is 10.1 Å². The molecule has 0 spiro atoms. The molecule has 1 aromatic rings. The van der Waals surface area contributed by atoms with Gasteiger partial charge in [0.2, 0.25) is 0 Å². The van der Waals surface area contributed by atoms with Crippen LogP contribution in [-0.2, 0) is 4.79 Å². The molecule has 0 aromatic heterocycles. The van der Waals surface area contributed by atoms with Gasteiger partial charge in [-0.1, -0.05) is 18.2 Å². The highest BCUT2D eigenvalue weighted by Gasteiger charge is 2.44. The average Bonchev–Trinajstić information content (AvgIpc) is 2.86. The molecule has 0 saturated carbocycles. The Morgan fingerprint density at radius 3 is 2.90 bits per heavy atom. The molecule has 3 atom stereocenters. The topological polar surface area (TPSA) is 92.5 Å². The molecule has 1 aromatic carbocycles. The zero-order valence-electron chi connectivity index (χ0n) is 10.9. The molecule has 0 amide bonds. The number of nitrogens with zero attached hydrogens (tertiary/aromatic N) is 1. The van der Waals surface area contributed by atoms with E-state index in [0.717, 1.165) is 5.56 Å². The number of hydrogen-bond acceptors (Lipinski definition) is 4. The van der Waals surface area contributed by atoms with Crippen molar-refractivity contribution in [1.29, 1.82) is 0 Å². The minimum absolute atomic E-state index is 0.0588. The van der Waals surface area contributed by atoms with Crippen molar-refractivity contribution in [2.75, 3.05) is 5.32 Å². The molecule has 0 fully saturated rings. The van der Waals surface area contributed by atoms with E-state index in [1.807, 2.05) is 19.1 Å². The van der Waals surface area contributed by atoms with Gasteiger partial charge in [-0.15, -0.1) is 0 Å². The molecule has 1 aliphatic heterocycles. The van der Waals surface area contributed by atoms with E-state index in [2.05, 4.69) is 5.32 Å². The van der Waals surface area contributed by atoms with Crippen LogP contribution in [0.15, 0.2) is 24.3 Å². The maximum absolute atomic E-state index is 11.4. The van der Waals surface area contributed by atoms with Gasteiger partial charge in [0.05, 0.1) is 10.5 Å². The van der Waals surface area contributed by atoms with Crippen molar-refractivity contribution in [3.63, 3.8) is 0 Å². The lowest BCUT2D eigenvalue weighted by atomic mass is 9.78. The first-order valence-electron chi connectivity index (χ1n) is 6.44. The Morgan fingerprint density at radius 1 is 1.50 bits per heavy atom. The van der Waals surface area contributed by atoms with Gasteiger partial charge in [0.1, 0.15) is 6.04 Å². The molecule has 6 nitrogen and oxygen atoms in total. The van der Waals surface area contributed by atoms with E-state index in [9.17, 15) is 20.0 Å². The summed E-state index contributed by atoms with van der Waals surface area (Å²) in [4.78, 5) is 22.2. The first kappa shape index (κ1) is 12.7. The Bertz CT molecular complexity index is 638. The van der Waals surface area contributed by atoms with E-state index < -0.39 is 16.9 Å². The number of carbonyl (C=O) groups is 1.